The van der Waals surface area contributed by atoms with Gasteiger partial charge in [0, 0.05) is 37.6 Å². The summed E-state index contributed by atoms with van der Waals surface area (Å²) in [6, 6.07) is 8.60. The molecule has 0 unspecified atom stereocenters. The van der Waals surface area contributed by atoms with Crippen LogP contribution in [0.3, 0.4) is 0 Å². The number of likely N-dealkylation sites (tertiary alicyclic amines) is 1. The van der Waals surface area contributed by atoms with Gasteiger partial charge in [-0.2, -0.15) is 5.10 Å². The van der Waals surface area contributed by atoms with Gasteiger partial charge in [0.2, 0.25) is 0 Å². The molecule has 1 fully saturated rings. The second kappa shape index (κ2) is 7.37. The van der Waals surface area contributed by atoms with E-state index >= 15 is 0 Å². The van der Waals surface area contributed by atoms with Gasteiger partial charge in [0.15, 0.2) is 0 Å². The first-order valence-corrected chi connectivity index (χ1v) is 9.66. The minimum atomic E-state index is 0.233. The first-order valence-electron chi connectivity index (χ1n) is 9.66. The van der Waals surface area contributed by atoms with Crippen LogP contribution in [0.2, 0.25) is 0 Å². The molecule has 0 saturated carbocycles. The molecule has 8 nitrogen and oxygen atoms in total. The minimum absolute atomic E-state index is 0.233. The Hall–Kier alpha value is -2.71. The molecule has 2 aliphatic heterocycles. The van der Waals surface area contributed by atoms with Gasteiger partial charge >= 0.3 is 0 Å². The van der Waals surface area contributed by atoms with Crippen molar-refractivity contribution in [3.63, 3.8) is 0 Å². The fraction of sp³-hybridized carbons (Fsp3) is 0.450. The van der Waals surface area contributed by atoms with Gasteiger partial charge in [-0.25, -0.2) is 4.68 Å². The van der Waals surface area contributed by atoms with Crippen molar-refractivity contribution in [2.75, 3.05) is 20.2 Å². The standard InChI is InChI=1S/C20H24N6O2/c1-27-19-4-3-15(9-16(19)12-25-7-2-6-22-25)11-24-8-5-20-18(13-24)26-17(14-28-20)10-21-23-26/h2-4,6-7,9-10,18,20H,5,8,11-14H2,1H3/t18-,20-/m1/s1. The molecule has 0 aliphatic carbocycles. The van der Waals surface area contributed by atoms with Crippen LogP contribution in [0.5, 0.6) is 5.75 Å². The molecule has 2 aliphatic rings. The third-order valence-corrected chi connectivity index (χ3v) is 5.66. The van der Waals surface area contributed by atoms with E-state index in [-0.39, 0.29) is 12.1 Å². The predicted molar refractivity (Wildman–Crippen MR) is 102 cm³/mol. The predicted octanol–water partition coefficient (Wildman–Crippen LogP) is 1.88. The number of hydrogen-bond acceptors (Lipinski definition) is 6. The lowest BCUT2D eigenvalue weighted by Crippen LogP contribution is -2.47. The minimum Gasteiger partial charge on any atom is -0.496 e. The van der Waals surface area contributed by atoms with Crippen molar-refractivity contribution in [2.24, 2.45) is 0 Å². The summed E-state index contributed by atoms with van der Waals surface area (Å²) in [5, 5.41) is 12.7. The van der Waals surface area contributed by atoms with Gasteiger partial charge in [-0.3, -0.25) is 9.58 Å². The van der Waals surface area contributed by atoms with Crippen LogP contribution in [-0.2, 0) is 24.4 Å². The van der Waals surface area contributed by atoms with E-state index in [0.717, 1.165) is 43.1 Å². The molecule has 0 bridgehead atoms. The maximum atomic E-state index is 6.02. The van der Waals surface area contributed by atoms with E-state index in [9.17, 15) is 0 Å². The number of hydrogen-bond donors (Lipinski definition) is 0. The highest BCUT2D eigenvalue weighted by Crippen LogP contribution is 2.31. The van der Waals surface area contributed by atoms with E-state index < -0.39 is 0 Å². The molecule has 146 valence electrons. The summed E-state index contributed by atoms with van der Waals surface area (Å²) >= 11 is 0. The Labute approximate surface area is 163 Å². The van der Waals surface area contributed by atoms with Crippen molar-refractivity contribution in [1.82, 2.24) is 29.7 Å². The molecular weight excluding hydrogens is 356 g/mol. The Morgan fingerprint density at radius 2 is 2.25 bits per heavy atom. The van der Waals surface area contributed by atoms with Crippen molar-refractivity contribution >= 4 is 0 Å². The molecule has 4 heterocycles. The van der Waals surface area contributed by atoms with Gasteiger partial charge in [-0.15, -0.1) is 5.10 Å². The fourth-order valence-electron chi connectivity index (χ4n) is 4.27. The maximum absolute atomic E-state index is 6.02. The van der Waals surface area contributed by atoms with Crippen molar-refractivity contribution in [1.29, 1.82) is 0 Å². The highest BCUT2D eigenvalue weighted by atomic mass is 16.5. The zero-order valence-electron chi connectivity index (χ0n) is 15.9. The molecule has 28 heavy (non-hydrogen) atoms. The monoisotopic (exact) mass is 380 g/mol. The van der Waals surface area contributed by atoms with Crippen molar-refractivity contribution in [2.45, 2.75) is 38.3 Å². The number of fused-ring (bicyclic) bond motifs is 3. The summed E-state index contributed by atoms with van der Waals surface area (Å²) in [7, 11) is 1.71. The Morgan fingerprint density at radius 3 is 3.11 bits per heavy atom. The third kappa shape index (κ3) is 3.29. The molecule has 0 spiro atoms. The Bertz CT molecular complexity index is 938. The Morgan fingerprint density at radius 1 is 1.29 bits per heavy atom. The summed E-state index contributed by atoms with van der Waals surface area (Å²) in [6.45, 7) is 4.14. The molecule has 3 aromatic rings. The number of ether oxygens (including phenoxy) is 2. The molecular formula is C20H24N6O2. The number of methoxy groups -OCH3 is 1. The number of piperidine rings is 1. The van der Waals surface area contributed by atoms with Crippen molar-refractivity contribution in [3.8, 4) is 5.75 Å². The molecule has 0 radical (unpaired) electrons. The summed E-state index contributed by atoms with van der Waals surface area (Å²) in [4.78, 5) is 2.47. The van der Waals surface area contributed by atoms with Crippen LogP contribution in [0.15, 0.2) is 42.9 Å². The summed E-state index contributed by atoms with van der Waals surface area (Å²) in [6.07, 6.45) is 6.82. The lowest BCUT2D eigenvalue weighted by molar-refractivity contribution is -0.0669. The van der Waals surface area contributed by atoms with E-state index in [1.165, 1.54) is 5.56 Å². The van der Waals surface area contributed by atoms with Crippen LogP contribution in [0.1, 0.15) is 29.3 Å². The molecule has 1 aromatic carbocycles. The van der Waals surface area contributed by atoms with E-state index in [0.29, 0.717) is 13.2 Å². The van der Waals surface area contributed by atoms with E-state index in [1.807, 2.05) is 16.9 Å². The highest BCUT2D eigenvalue weighted by molar-refractivity contribution is 5.37. The first kappa shape index (κ1) is 17.4. The lowest BCUT2D eigenvalue weighted by Gasteiger charge is -2.41. The fourth-order valence-corrected chi connectivity index (χ4v) is 4.27. The summed E-state index contributed by atoms with van der Waals surface area (Å²) in [5.74, 6) is 0.894. The second-order valence-corrected chi connectivity index (χ2v) is 7.46. The molecule has 2 atom stereocenters. The van der Waals surface area contributed by atoms with E-state index in [1.54, 1.807) is 19.5 Å². The van der Waals surface area contributed by atoms with Crippen LogP contribution >= 0.6 is 0 Å². The van der Waals surface area contributed by atoms with Gasteiger partial charge in [0.05, 0.1) is 44.3 Å². The summed E-state index contributed by atoms with van der Waals surface area (Å²) < 4.78 is 15.5. The van der Waals surface area contributed by atoms with Gasteiger partial charge in [0.1, 0.15) is 5.75 Å². The van der Waals surface area contributed by atoms with Gasteiger partial charge < -0.3 is 9.47 Å². The second-order valence-electron chi connectivity index (χ2n) is 7.46. The highest BCUT2D eigenvalue weighted by Gasteiger charge is 2.36. The number of rotatable bonds is 5. The smallest absolute Gasteiger partial charge is 0.123 e. The van der Waals surface area contributed by atoms with Gasteiger partial charge in [-0.05, 0) is 30.2 Å². The van der Waals surface area contributed by atoms with Crippen LogP contribution in [0.4, 0.5) is 0 Å². The normalized spacial score (nSPS) is 21.9. The average Bonchev–Trinajstić information content (AvgIpc) is 3.40. The molecule has 1 saturated heterocycles. The first-order chi connectivity index (χ1) is 13.8. The number of aromatic nitrogens is 5. The summed E-state index contributed by atoms with van der Waals surface area (Å²) in [5.41, 5.74) is 3.48. The number of benzene rings is 1. The zero-order valence-corrected chi connectivity index (χ0v) is 15.9. The van der Waals surface area contributed by atoms with Crippen LogP contribution < -0.4 is 4.74 Å². The molecule has 0 N–H and O–H groups in total. The Balaban J connectivity index is 1.32. The molecule has 5 rings (SSSR count). The maximum Gasteiger partial charge on any atom is 0.123 e. The van der Waals surface area contributed by atoms with Crippen LogP contribution in [0.25, 0.3) is 0 Å². The van der Waals surface area contributed by atoms with Gasteiger partial charge in [-0.1, -0.05) is 11.3 Å². The van der Waals surface area contributed by atoms with E-state index in [4.69, 9.17) is 9.47 Å². The average molecular weight is 380 g/mol. The zero-order chi connectivity index (χ0) is 18.9. The van der Waals surface area contributed by atoms with Crippen LogP contribution in [0, 0.1) is 0 Å². The molecule has 8 heteroatoms. The Kier molecular flexibility index (Phi) is 4.58. The van der Waals surface area contributed by atoms with Crippen LogP contribution in [-0.4, -0.2) is 56.0 Å². The molecule has 0 amide bonds. The third-order valence-electron chi connectivity index (χ3n) is 5.66. The van der Waals surface area contributed by atoms with Gasteiger partial charge in [0.25, 0.3) is 0 Å². The quantitative estimate of drug-likeness (QED) is 0.673. The number of nitrogens with zero attached hydrogens (tertiary/aromatic N) is 6. The largest absolute Gasteiger partial charge is 0.496 e. The van der Waals surface area contributed by atoms with Crippen molar-refractivity contribution in [3.05, 3.63) is 59.7 Å². The topological polar surface area (TPSA) is 70.2 Å². The van der Waals surface area contributed by atoms with Crippen molar-refractivity contribution < 1.29 is 9.47 Å². The lowest BCUT2D eigenvalue weighted by atomic mass is 9.99. The molecule has 2 aromatic heterocycles. The van der Waals surface area contributed by atoms with E-state index in [2.05, 4.69) is 43.2 Å². The SMILES string of the molecule is COc1ccc(CN2CC[C@H]3OCc4cnnn4[C@@H]3C2)cc1Cn1cccn1.